The van der Waals surface area contributed by atoms with Crippen LogP contribution in [0, 0.1) is 5.92 Å². The number of hydrogen-bond acceptors (Lipinski definition) is 3. The highest BCUT2D eigenvalue weighted by molar-refractivity contribution is 5.94. The molecule has 0 aliphatic rings. The van der Waals surface area contributed by atoms with Gasteiger partial charge in [-0.05, 0) is 42.2 Å². The molecule has 2 rings (SSSR count). The van der Waals surface area contributed by atoms with Crippen molar-refractivity contribution in [1.29, 1.82) is 0 Å². The number of benzene rings is 2. The maximum Gasteiger partial charge on any atom is 0.305 e. The Kier molecular flexibility index (Phi) is 7.21. The minimum atomic E-state index is -0.965. The van der Waals surface area contributed by atoms with Crippen molar-refractivity contribution in [2.45, 2.75) is 32.7 Å². The molecule has 0 aliphatic heterocycles. The van der Waals surface area contributed by atoms with Crippen molar-refractivity contribution in [3.05, 3.63) is 65.7 Å². The van der Waals surface area contributed by atoms with E-state index in [1.807, 2.05) is 18.2 Å². The summed E-state index contributed by atoms with van der Waals surface area (Å²) in [5.41, 5.74) is 1.23. The van der Waals surface area contributed by atoms with E-state index in [1.165, 1.54) is 0 Å². The van der Waals surface area contributed by atoms with E-state index in [9.17, 15) is 9.59 Å². The SMILES string of the molecule is CC(C)CCOc1ccc(C(=O)NC(CC(=O)O)c2ccccc2)cc1. The fourth-order valence-electron chi connectivity index (χ4n) is 2.47. The van der Waals surface area contributed by atoms with Crippen LogP contribution in [0.1, 0.15) is 48.7 Å². The molecule has 2 aromatic rings. The van der Waals surface area contributed by atoms with E-state index in [2.05, 4.69) is 19.2 Å². The molecule has 0 bridgehead atoms. The molecule has 0 aromatic heterocycles. The maximum absolute atomic E-state index is 12.5. The van der Waals surface area contributed by atoms with Crippen LogP contribution >= 0.6 is 0 Å². The highest BCUT2D eigenvalue weighted by Gasteiger charge is 2.18. The third-order valence-electron chi connectivity index (χ3n) is 3.97. The molecule has 0 aliphatic carbocycles. The van der Waals surface area contributed by atoms with Gasteiger partial charge in [0.2, 0.25) is 0 Å². The number of hydrogen-bond donors (Lipinski definition) is 2. The van der Waals surface area contributed by atoms with E-state index in [0.717, 1.165) is 12.0 Å². The van der Waals surface area contributed by atoms with Gasteiger partial charge in [-0.25, -0.2) is 0 Å². The van der Waals surface area contributed by atoms with Gasteiger partial charge in [-0.1, -0.05) is 44.2 Å². The summed E-state index contributed by atoms with van der Waals surface area (Å²) in [6, 6.07) is 15.4. The second-order valence-electron chi connectivity index (χ2n) is 6.59. The van der Waals surface area contributed by atoms with Crippen LogP contribution in [0.5, 0.6) is 5.75 Å². The summed E-state index contributed by atoms with van der Waals surface area (Å²) in [4.78, 5) is 23.6. The lowest BCUT2D eigenvalue weighted by Crippen LogP contribution is -2.30. The Hall–Kier alpha value is -2.82. The number of carbonyl (C=O) groups is 2. The third kappa shape index (κ3) is 6.24. The van der Waals surface area contributed by atoms with Crippen molar-refractivity contribution in [3.63, 3.8) is 0 Å². The number of aliphatic carboxylic acids is 1. The first kappa shape index (κ1) is 19.5. The summed E-state index contributed by atoms with van der Waals surface area (Å²) in [7, 11) is 0. The van der Waals surface area contributed by atoms with Crippen molar-refractivity contribution in [3.8, 4) is 5.75 Å². The first-order valence-electron chi connectivity index (χ1n) is 8.76. The Bertz CT molecular complexity index is 711. The quantitative estimate of drug-likeness (QED) is 0.711. The van der Waals surface area contributed by atoms with Crippen molar-refractivity contribution in [2.75, 3.05) is 6.61 Å². The molecule has 0 spiro atoms. The molecular weight excluding hydrogens is 330 g/mol. The Morgan fingerprint density at radius 3 is 2.27 bits per heavy atom. The number of amides is 1. The number of carbonyl (C=O) groups excluding carboxylic acids is 1. The minimum Gasteiger partial charge on any atom is -0.494 e. The van der Waals surface area contributed by atoms with Crippen LogP contribution in [0.4, 0.5) is 0 Å². The fourth-order valence-corrected chi connectivity index (χ4v) is 2.47. The van der Waals surface area contributed by atoms with Gasteiger partial charge in [0.25, 0.3) is 5.91 Å². The van der Waals surface area contributed by atoms with Gasteiger partial charge in [0.1, 0.15) is 5.75 Å². The molecule has 2 N–H and O–H groups in total. The lowest BCUT2D eigenvalue weighted by atomic mass is 10.0. The number of rotatable bonds is 9. The van der Waals surface area contributed by atoms with Crippen LogP contribution in [-0.2, 0) is 4.79 Å². The topological polar surface area (TPSA) is 75.6 Å². The van der Waals surface area contributed by atoms with Gasteiger partial charge >= 0.3 is 5.97 Å². The van der Waals surface area contributed by atoms with Gasteiger partial charge < -0.3 is 15.2 Å². The zero-order chi connectivity index (χ0) is 18.9. The van der Waals surface area contributed by atoms with Crippen LogP contribution in [0.15, 0.2) is 54.6 Å². The zero-order valence-corrected chi connectivity index (χ0v) is 15.1. The molecule has 0 saturated heterocycles. The van der Waals surface area contributed by atoms with E-state index in [-0.39, 0.29) is 12.3 Å². The monoisotopic (exact) mass is 355 g/mol. The van der Waals surface area contributed by atoms with Crippen LogP contribution in [-0.4, -0.2) is 23.6 Å². The molecule has 0 fully saturated rings. The van der Waals surface area contributed by atoms with Crippen LogP contribution < -0.4 is 10.1 Å². The van der Waals surface area contributed by atoms with E-state index in [4.69, 9.17) is 9.84 Å². The van der Waals surface area contributed by atoms with Gasteiger partial charge in [0, 0.05) is 5.56 Å². The summed E-state index contributed by atoms with van der Waals surface area (Å²) in [5, 5.41) is 11.9. The second-order valence-corrected chi connectivity index (χ2v) is 6.59. The average Bonchev–Trinajstić information content (AvgIpc) is 2.62. The third-order valence-corrected chi connectivity index (χ3v) is 3.97. The largest absolute Gasteiger partial charge is 0.494 e. The summed E-state index contributed by atoms with van der Waals surface area (Å²) in [6.45, 7) is 4.91. The normalized spacial score (nSPS) is 11.8. The molecule has 2 aromatic carbocycles. The second kappa shape index (κ2) is 9.61. The van der Waals surface area contributed by atoms with Crippen LogP contribution in [0.3, 0.4) is 0 Å². The molecule has 138 valence electrons. The zero-order valence-electron chi connectivity index (χ0n) is 15.1. The molecule has 1 amide bonds. The summed E-state index contributed by atoms with van der Waals surface area (Å²) >= 11 is 0. The Morgan fingerprint density at radius 2 is 1.69 bits per heavy atom. The highest BCUT2D eigenvalue weighted by Crippen LogP contribution is 2.18. The van der Waals surface area contributed by atoms with Crippen molar-refractivity contribution in [2.24, 2.45) is 5.92 Å². The smallest absolute Gasteiger partial charge is 0.305 e. The van der Waals surface area contributed by atoms with Crippen LogP contribution in [0.25, 0.3) is 0 Å². The lowest BCUT2D eigenvalue weighted by molar-refractivity contribution is -0.137. The van der Waals surface area contributed by atoms with Crippen LogP contribution in [0.2, 0.25) is 0 Å². The number of carboxylic acid groups (broad SMARTS) is 1. The maximum atomic E-state index is 12.5. The number of carboxylic acids is 1. The molecule has 0 heterocycles. The number of ether oxygens (including phenoxy) is 1. The molecule has 0 saturated carbocycles. The molecule has 26 heavy (non-hydrogen) atoms. The first-order valence-corrected chi connectivity index (χ1v) is 8.76. The van der Waals surface area contributed by atoms with Gasteiger partial charge in [-0.2, -0.15) is 0 Å². The fraction of sp³-hybridized carbons (Fsp3) is 0.333. The summed E-state index contributed by atoms with van der Waals surface area (Å²) < 4.78 is 5.65. The predicted octanol–water partition coefficient (Wildman–Crippen LogP) is 4.06. The van der Waals surface area contributed by atoms with E-state index in [1.54, 1.807) is 36.4 Å². The highest BCUT2D eigenvalue weighted by atomic mass is 16.5. The molecular formula is C21H25NO4. The Labute approximate surface area is 154 Å². The summed E-state index contributed by atoms with van der Waals surface area (Å²) in [5.74, 6) is 0.0124. The first-order chi connectivity index (χ1) is 12.5. The van der Waals surface area contributed by atoms with Gasteiger partial charge in [0.15, 0.2) is 0 Å². The number of nitrogens with one attached hydrogen (secondary N) is 1. The van der Waals surface area contributed by atoms with Gasteiger partial charge in [-0.3, -0.25) is 9.59 Å². The van der Waals surface area contributed by atoms with E-state index >= 15 is 0 Å². The predicted molar refractivity (Wildman–Crippen MR) is 100 cm³/mol. The average molecular weight is 355 g/mol. The van der Waals surface area contributed by atoms with E-state index in [0.29, 0.717) is 23.8 Å². The molecule has 5 heteroatoms. The molecule has 1 unspecified atom stereocenters. The minimum absolute atomic E-state index is 0.174. The lowest BCUT2D eigenvalue weighted by Gasteiger charge is -2.17. The summed E-state index contributed by atoms with van der Waals surface area (Å²) in [6.07, 6.45) is 0.794. The molecule has 0 radical (unpaired) electrons. The molecule has 5 nitrogen and oxygen atoms in total. The molecule has 1 atom stereocenters. The van der Waals surface area contributed by atoms with E-state index < -0.39 is 12.0 Å². The Morgan fingerprint density at radius 1 is 1.04 bits per heavy atom. The van der Waals surface area contributed by atoms with Crippen molar-refractivity contribution >= 4 is 11.9 Å². The Balaban J connectivity index is 2.01. The van der Waals surface area contributed by atoms with Crippen molar-refractivity contribution < 1.29 is 19.4 Å². The van der Waals surface area contributed by atoms with Gasteiger partial charge in [-0.15, -0.1) is 0 Å². The van der Waals surface area contributed by atoms with Crippen molar-refractivity contribution in [1.82, 2.24) is 5.32 Å². The van der Waals surface area contributed by atoms with Gasteiger partial charge in [0.05, 0.1) is 19.1 Å². The standard InChI is InChI=1S/C21H25NO4/c1-15(2)12-13-26-18-10-8-17(9-11-18)21(25)22-19(14-20(23)24)16-6-4-3-5-7-16/h3-11,15,19H,12-14H2,1-2H3,(H,22,25)(H,23,24).